The fourth-order valence-corrected chi connectivity index (χ4v) is 4.25. The molecule has 0 radical (unpaired) electrons. The van der Waals surface area contributed by atoms with Gasteiger partial charge in [0.05, 0.1) is 24.8 Å². The highest BCUT2D eigenvalue weighted by Crippen LogP contribution is 2.28. The molecule has 2 aromatic carbocycles. The molecule has 0 saturated heterocycles. The zero-order valence-electron chi connectivity index (χ0n) is 21.7. The number of methoxy groups -OCH3 is 1. The molecule has 1 heterocycles. The zero-order valence-corrected chi connectivity index (χ0v) is 21.7. The Morgan fingerprint density at radius 1 is 1.08 bits per heavy atom. The summed E-state index contributed by atoms with van der Waals surface area (Å²) in [7, 11) is 1.67. The van der Waals surface area contributed by atoms with Gasteiger partial charge >= 0.3 is 0 Å². The van der Waals surface area contributed by atoms with Crippen LogP contribution in [0, 0.1) is 0 Å². The lowest BCUT2D eigenvalue weighted by Crippen LogP contribution is -2.21. The fourth-order valence-electron chi connectivity index (χ4n) is 4.25. The van der Waals surface area contributed by atoms with Crippen molar-refractivity contribution in [2.75, 3.05) is 20.3 Å². The monoisotopic (exact) mass is 489 g/mol. The van der Waals surface area contributed by atoms with Crippen molar-refractivity contribution < 1.29 is 14.3 Å². The van der Waals surface area contributed by atoms with Crippen molar-refractivity contribution in [3.8, 4) is 11.5 Å². The SMILES string of the molecule is C=CCc1ccc(OCCCCn2c(CCCCCNC(=O)/C=C/C)nc3ccccc32)c(OC)c1. The number of nitrogens with zero attached hydrogens (tertiary/aromatic N) is 2. The molecule has 0 unspecified atom stereocenters. The van der Waals surface area contributed by atoms with Crippen molar-refractivity contribution >= 4 is 16.9 Å². The first-order valence-corrected chi connectivity index (χ1v) is 12.9. The average Bonchev–Trinajstić information content (AvgIpc) is 3.24. The topological polar surface area (TPSA) is 65.4 Å². The van der Waals surface area contributed by atoms with E-state index in [0.29, 0.717) is 13.2 Å². The molecule has 3 aromatic rings. The first kappa shape index (κ1) is 27.1. The standard InChI is InChI=1S/C30H39N3O3/c1-4-13-24-18-19-27(28(23-24)35-3)36-22-12-11-21-33-26-16-9-8-15-25(26)32-29(33)17-7-6-10-20-31-30(34)14-5-2/h4-5,8-9,14-16,18-19,23H,1,6-7,10-13,17,20-22H2,2-3H3,(H,31,34)/b14-5+. The molecular weight excluding hydrogens is 450 g/mol. The predicted molar refractivity (Wildman–Crippen MR) is 147 cm³/mol. The summed E-state index contributed by atoms with van der Waals surface area (Å²) in [6, 6.07) is 14.4. The lowest BCUT2D eigenvalue weighted by molar-refractivity contribution is -0.116. The summed E-state index contributed by atoms with van der Waals surface area (Å²) in [5, 5.41) is 2.91. The molecule has 0 atom stereocenters. The highest BCUT2D eigenvalue weighted by Gasteiger charge is 2.11. The van der Waals surface area contributed by atoms with E-state index in [1.807, 2.05) is 31.2 Å². The second-order valence-electron chi connectivity index (χ2n) is 8.80. The van der Waals surface area contributed by atoms with E-state index in [2.05, 4.69) is 40.7 Å². The summed E-state index contributed by atoms with van der Waals surface area (Å²) >= 11 is 0. The highest BCUT2D eigenvalue weighted by molar-refractivity contribution is 5.87. The van der Waals surface area contributed by atoms with Gasteiger partial charge in [-0.1, -0.05) is 36.8 Å². The number of benzene rings is 2. The minimum absolute atomic E-state index is 0.0218. The van der Waals surface area contributed by atoms with Crippen molar-refractivity contribution in [3.63, 3.8) is 0 Å². The number of ether oxygens (including phenoxy) is 2. The highest BCUT2D eigenvalue weighted by atomic mass is 16.5. The van der Waals surface area contributed by atoms with Gasteiger partial charge in [-0.05, 0) is 74.9 Å². The predicted octanol–water partition coefficient (Wildman–Crippen LogP) is 6.04. The fraction of sp³-hybridized carbons (Fsp3) is 0.400. The lowest BCUT2D eigenvalue weighted by atomic mass is 10.1. The number of carbonyl (C=O) groups is 1. The van der Waals surface area contributed by atoms with Crippen LogP contribution in [-0.4, -0.2) is 35.7 Å². The number of carbonyl (C=O) groups excluding carboxylic acids is 1. The number of hydrogen-bond acceptors (Lipinski definition) is 4. The van der Waals surface area contributed by atoms with E-state index >= 15 is 0 Å². The Kier molecular flexibility index (Phi) is 11.1. The molecule has 192 valence electrons. The first-order valence-electron chi connectivity index (χ1n) is 12.9. The molecule has 6 nitrogen and oxygen atoms in total. The third-order valence-corrected chi connectivity index (χ3v) is 6.07. The van der Waals surface area contributed by atoms with Crippen LogP contribution in [0.3, 0.4) is 0 Å². The molecule has 1 N–H and O–H groups in total. The minimum Gasteiger partial charge on any atom is -0.493 e. The van der Waals surface area contributed by atoms with Gasteiger partial charge in [-0.2, -0.15) is 0 Å². The van der Waals surface area contributed by atoms with Gasteiger partial charge < -0.3 is 19.4 Å². The Hall–Kier alpha value is -3.54. The normalized spacial score (nSPS) is 11.2. The molecule has 1 aromatic heterocycles. The first-order chi connectivity index (χ1) is 17.7. The van der Waals surface area contributed by atoms with Crippen molar-refractivity contribution in [2.45, 2.75) is 58.4 Å². The van der Waals surface area contributed by atoms with Gasteiger partial charge in [0, 0.05) is 19.5 Å². The van der Waals surface area contributed by atoms with Gasteiger partial charge in [0.2, 0.25) is 5.91 Å². The average molecular weight is 490 g/mol. The van der Waals surface area contributed by atoms with Gasteiger partial charge in [0.15, 0.2) is 11.5 Å². The molecule has 0 saturated carbocycles. The summed E-state index contributed by atoms with van der Waals surface area (Å²) in [6.07, 6.45) is 12.0. The van der Waals surface area contributed by atoms with Crippen LogP contribution in [0.1, 0.15) is 50.4 Å². The molecule has 0 aliphatic carbocycles. The van der Waals surface area contributed by atoms with Crippen LogP contribution in [0.4, 0.5) is 0 Å². The van der Waals surface area contributed by atoms with Gasteiger partial charge in [-0.25, -0.2) is 4.98 Å². The molecular formula is C30H39N3O3. The largest absolute Gasteiger partial charge is 0.493 e. The molecule has 3 rings (SSSR count). The lowest BCUT2D eigenvalue weighted by Gasteiger charge is -2.13. The van der Waals surface area contributed by atoms with Gasteiger partial charge in [-0.15, -0.1) is 6.58 Å². The van der Waals surface area contributed by atoms with Crippen molar-refractivity contribution in [3.05, 3.63) is 78.7 Å². The molecule has 0 bridgehead atoms. The second kappa shape index (κ2) is 14.8. The summed E-state index contributed by atoms with van der Waals surface area (Å²) in [5.41, 5.74) is 3.39. The Labute approximate surface area is 215 Å². The third kappa shape index (κ3) is 8.01. The number of nitrogens with one attached hydrogen (secondary N) is 1. The van der Waals surface area contributed by atoms with Crippen LogP contribution in [0.5, 0.6) is 11.5 Å². The number of para-hydroxylation sites is 2. The maximum Gasteiger partial charge on any atom is 0.243 e. The molecule has 0 aliphatic rings. The van der Waals surface area contributed by atoms with Crippen LogP contribution in [0.2, 0.25) is 0 Å². The summed E-state index contributed by atoms with van der Waals surface area (Å²) in [4.78, 5) is 16.4. The summed E-state index contributed by atoms with van der Waals surface area (Å²) in [6.45, 7) is 7.90. The van der Waals surface area contributed by atoms with Crippen molar-refractivity contribution in [2.24, 2.45) is 0 Å². The van der Waals surface area contributed by atoms with Crippen LogP contribution in [0.25, 0.3) is 11.0 Å². The maximum atomic E-state index is 11.5. The summed E-state index contributed by atoms with van der Waals surface area (Å²) < 4.78 is 13.9. The van der Waals surface area contributed by atoms with E-state index in [0.717, 1.165) is 79.9 Å². The number of rotatable bonds is 16. The quantitative estimate of drug-likeness (QED) is 0.151. The number of amides is 1. The van der Waals surface area contributed by atoms with E-state index in [-0.39, 0.29) is 5.91 Å². The molecule has 0 aliphatic heterocycles. The Morgan fingerprint density at radius 2 is 1.94 bits per heavy atom. The number of imidazole rings is 1. The smallest absolute Gasteiger partial charge is 0.243 e. The van der Waals surface area contributed by atoms with Crippen LogP contribution < -0.4 is 14.8 Å². The van der Waals surface area contributed by atoms with Crippen molar-refractivity contribution in [1.29, 1.82) is 0 Å². The second-order valence-corrected chi connectivity index (χ2v) is 8.80. The van der Waals surface area contributed by atoms with Crippen LogP contribution >= 0.6 is 0 Å². The van der Waals surface area contributed by atoms with Crippen molar-refractivity contribution in [1.82, 2.24) is 14.9 Å². The Balaban J connectivity index is 1.48. The summed E-state index contributed by atoms with van der Waals surface area (Å²) in [5.74, 6) is 2.65. The third-order valence-electron chi connectivity index (χ3n) is 6.07. The number of aromatic nitrogens is 2. The zero-order chi connectivity index (χ0) is 25.6. The van der Waals surface area contributed by atoms with Gasteiger partial charge in [0.25, 0.3) is 0 Å². The number of allylic oxidation sites excluding steroid dienone is 2. The Bertz CT molecular complexity index is 1150. The van der Waals surface area contributed by atoms with Crippen LogP contribution in [-0.2, 0) is 24.2 Å². The number of unbranched alkanes of at least 4 members (excludes halogenated alkanes) is 3. The number of fused-ring (bicyclic) bond motifs is 1. The van der Waals surface area contributed by atoms with E-state index in [1.165, 1.54) is 5.52 Å². The maximum absolute atomic E-state index is 11.5. The Morgan fingerprint density at radius 3 is 2.75 bits per heavy atom. The minimum atomic E-state index is -0.0218. The van der Waals surface area contributed by atoms with Crippen LogP contribution in [0.15, 0.2) is 67.3 Å². The van der Waals surface area contributed by atoms with E-state index in [9.17, 15) is 4.79 Å². The molecule has 36 heavy (non-hydrogen) atoms. The van der Waals surface area contributed by atoms with E-state index in [4.69, 9.17) is 14.5 Å². The van der Waals surface area contributed by atoms with Gasteiger partial charge in [0.1, 0.15) is 5.82 Å². The molecule has 0 fully saturated rings. The number of aryl methyl sites for hydroxylation is 2. The molecule has 1 amide bonds. The van der Waals surface area contributed by atoms with E-state index < -0.39 is 0 Å². The van der Waals surface area contributed by atoms with E-state index in [1.54, 1.807) is 19.3 Å². The van der Waals surface area contributed by atoms with Gasteiger partial charge in [-0.3, -0.25) is 4.79 Å². The molecule has 0 spiro atoms. The number of hydrogen-bond donors (Lipinski definition) is 1. The molecule has 6 heteroatoms.